The maximum atomic E-state index is 12.8. The molecule has 1 aromatic heterocycles. The number of aromatic nitrogens is 2. The number of ether oxygens (including phenoxy) is 1. The highest BCUT2D eigenvalue weighted by molar-refractivity contribution is 9.10. The smallest absolute Gasteiger partial charge is 0.263 e. The van der Waals surface area contributed by atoms with E-state index in [0.717, 1.165) is 40.9 Å². The summed E-state index contributed by atoms with van der Waals surface area (Å²) in [5.74, 6) is 1.77. The largest absolute Gasteiger partial charge is 0.436 e. The number of benzene rings is 2. The van der Waals surface area contributed by atoms with Gasteiger partial charge < -0.3 is 15.0 Å². The van der Waals surface area contributed by atoms with Gasteiger partial charge in [-0.1, -0.05) is 34.1 Å². The molecule has 3 aromatic rings. The van der Waals surface area contributed by atoms with Gasteiger partial charge in [0.1, 0.15) is 5.75 Å². The predicted octanol–water partition coefficient (Wildman–Crippen LogP) is 5.19. The molecule has 1 unspecified atom stereocenters. The number of aryl methyl sites for hydroxylation is 1. The lowest BCUT2D eigenvalue weighted by Gasteiger charge is -2.33. The zero-order valence-electron chi connectivity index (χ0n) is 16.7. The fraction of sp³-hybridized carbons (Fsp3) is 0.261. The van der Waals surface area contributed by atoms with Gasteiger partial charge in [0, 0.05) is 35.6 Å². The first-order valence-corrected chi connectivity index (χ1v) is 10.8. The van der Waals surface area contributed by atoms with E-state index in [2.05, 4.69) is 36.1 Å². The quantitative estimate of drug-likeness (QED) is 0.559. The van der Waals surface area contributed by atoms with Crippen molar-refractivity contribution in [2.45, 2.75) is 19.8 Å². The Morgan fingerprint density at radius 2 is 1.90 bits per heavy atom. The molecule has 0 aliphatic carbocycles. The number of piperidine rings is 1. The van der Waals surface area contributed by atoms with Gasteiger partial charge in [0.15, 0.2) is 5.82 Å². The minimum absolute atomic E-state index is 0.0206. The molecular weight excluding hydrogens is 444 g/mol. The van der Waals surface area contributed by atoms with Gasteiger partial charge >= 0.3 is 0 Å². The number of para-hydroxylation sites is 1. The van der Waals surface area contributed by atoms with E-state index in [1.165, 1.54) is 0 Å². The third kappa shape index (κ3) is 4.79. The second kappa shape index (κ2) is 9.26. The van der Waals surface area contributed by atoms with Crippen LogP contribution in [-0.4, -0.2) is 29.0 Å². The standard InChI is InChI=1S/C23H23BrN4O2/c1-16-5-2-3-7-20(16)30-23-21(25-12-13-26-23)28-14-4-6-17(15-28)22(29)27-19-10-8-18(24)9-11-19/h2-3,5,7-13,17H,4,6,14-15H2,1H3,(H,27,29). The van der Waals surface area contributed by atoms with Crippen LogP contribution in [0.4, 0.5) is 11.5 Å². The number of rotatable bonds is 5. The SMILES string of the molecule is Cc1ccccc1Oc1nccnc1N1CCCC(C(=O)Nc2ccc(Br)cc2)C1. The van der Waals surface area contributed by atoms with Crippen LogP contribution < -0.4 is 15.0 Å². The molecule has 1 amide bonds. The molecule has 154 valence electrons. The van der Waals surface area contributed by atoms with Crippen LogP contribution in [0.25, 0.3) is 0 Å². The van der Waals surface area contributed by atoms with Crippen molar-refractivity contribution in [3.05, 3.63) is 71.0 Å². The van der Waals surface area contributed by atoms with E-state index in [4.69, 9.17) is 4.74 Å². The molecule has 1 saturated heterocycles. The van der Waals surface area contributed by atoms with Crippen LogP contribution in [0.2, 0.25) is 0 Å². The third-order valence-corrected chi connectivity index (χ3v) is 5.68. The predicted molar refractivity (Wildman–Crippen MR) is 121 cm³/mol. The van der Waals surface area contributed by atoms with Crippen molar-refractivity contribution in [1.82, 2.24) is 9.97 Å². The molecule has 1 aliphatic rings. The molecule has 30 heavy (non-hydrogen) atoms. The Hall–Kier alpha value is -2.93. The highest BCUT2D eigenvalue weighted by Crippen LogP contribution is 2.32. The van der Waals surface area contributed by atoms with Crippen LogP contribution in [0.1, 0.15) is 18.4 Å². The van der Waals surface area contributed by atoms with Crippen LogP contribution in [0, 0.1) is 12.8 Å². The first-order valence-electron chi connectivity index (χ1n) is 9.96. The van der Waals surface area contributed by atoms with Gasteiger partial charge in [0.25, 0.3) is 5.88 Å². The zero-order chi connectivity index (χ0) is 20.9. The molecule has 1 aliphatic heterocycles. The van der Waals surface area contributed by atoms with E-state index in [-0.39, 0.29) is 11.8 Å². The Kier molecular flexibility index (Phi) is 6.28. The fourth-order valence-electron chi connectivity index (χ4n) is 3.54. The summed E-state index contributed by atoms with van der Waals surface area (Å²) in [5, 5.41) is 3.02. The monoisotopic (exact) mass is 466 g/mol. The van der Waals surface area contributed by atoms with Gasteiger partial charge in [0.05, 0.1) is 5.92 Å². The normalized spacial score (nSPS) is 16.2. The number of hydrogen-bond donors (Lipinski definition) is 1. The number of hydrogen-bond acceptors (Lipinski definition) is 5. The highest BCUT2D eigenvalue weighted by atomic mass is 79.9. The topological polar surface area (TPSA) is 67.4 Å². The summed E-state index contributed by atoms with van der Waals surface area (Å²) < 4.78 is 7.06. The maximum Gasteiger partial charge on any atom is 0.263 e. The van der Waals surface area contributed by atoms with Crippen molar-refractivity contribution < 1.29 is 9.53 Å². The lowest BCUT2D eigenvalue weighted by atomic mass is 9.97. The molecule has 1 fully saturated rings. The fourth-order valence-corrected chi connectivity index (χ4v) is 3.81. The summed E-state index contributed by atoms with van der Waals surface area (Å²) in [6, 6.07) is 15.4. The molecular formula is C23H23BrN4O2. The summed E-state index contributed by atoms with van der Waals surface area (Å²) in [6.45, 7) is 3.38. The number of nitrogens with zero attached hydrogens (tertiary/aromatic N) is 3. The number of amides is 1. The molecule has 2 heterocycles. The van der Waals surface area contributed by atoms with E-state index in [0.29, 0.717) is 18.2 Å². The van der Waals surface area contributed by atoms with Gasteiger partial charge in [-0.05, 0) is 55.7 Å². The Morgan fingerprint density at radius 1 is 1.13 bits per heavy atom. The lowest BCUT2D eigenvalue weighted by Crippen LogP contribution is -2.41. The number of carbonyl (C=O) groups is 1. The Labute approximate surface area is 184 Å². The maximum absolute atomic E-state index is 12.8. The van der Waals surface area contributed by atoms with Crippen molar-refractivity contribution in [3.8, 4) is 11.6 Å². The second-order valence-electron chi connectivity index (χ2n) is 7.33. The van der Waals surface area contributed by atoms with Gasteiger partial charge in [-0.3, -0.25) is 4.79 Å². The Balaban J connectivity index is 1.49. The summed E-state index contributed by atoms with van der Waals surface area (Å²) in [7, 11) is 0. The molecule has 7 heteroatoms. The molecule has 0 spiro atoms. The zero-order valence-corrected chi connectivity index (χ0v) is 18.3. The van der Waals surface area contributed by atoms with Crippen LogP contribution in [-0.2, 0) is 4.79 Å². The Morgan fingerprint density at radius 3 is 2.70 bits per heavy atom. The van der Waals surface area contributed by atoms with Gasteiger partial charge in [0.2, 0.25) is 5.91 Å². The van der Waals surface area contributed by atoms with Gasteiger partial charge in [-0.25, -0.2) is 9.97 Å². The van der Waals surface area contributed by atoms with Crippen LogP contribution in [0.15, 0.2) is 65.4 Å². The lowest BCUT2D eigenvalue weighted by molar-refractivity contribution is -0.120. The molecule has 0 saturated carbocycles. The van der Waals surface area contributed by atoms with Gasteiger partial charge in [-0.15, -0.1) is 0 Å². The third-order valence-electron chi connectivity index (χ3n) is 5.15. The van der Waals surface area contributed by atoms with Crippen molar-refractivity contribution in [1.29, 1.82) is 0 Å². The first kappa shape index (κ1) is 20.3. The molecule has 6 nitrogen and oxygen atoms in total. The summed E-state index contributed by atoms with van der Waals surface area (Å²) in [4.78, 5) is 23.8. The minimum atomic E-state index is -0.129. The number of halogens is 1. The first-order chi connectivity index (χ1) is 14.6. The van der Waals surface area contributed by atoms with Crippen molar-refractivity contribution in [3.63, 3.8) is 0 Å². The van der Waals surface area contributed by atoms with Crippen molar-refractivity contribution >= 4 is 33.3 Å². The minimum Gasteiger partial charge on any atom is -0.436 e. The van der Waals surface area contributed by atoms with Crippen LogP contribution in [0.5, 0.6) is 11.6 Å². The molecule has 4 rings (SSSR count). The Bertz CT molecular complexity index is 1030. The second-order valence-corrected chi connectivity index (χ2v) is 8.25. The van der Waals surface area contributed by atoms with E-state index in [1.54, 1.807) is 12.4 Å². The highest BCUT2D eigenvalue weighted by Gasteiger charge is 2.28. The number of carbonyl (C=O) groups excluding carboxylic acids is 1. The average Bonchev–Trinajstić information content (AvgIpc) is 2.77. The van der Waals surface area contributed by atoms with Gasteiger partial charge in [-0.2, -0.15) is 0 Å². The molecule has 0 radical (unpaired) electrons. The summed E-state index contributed by atoms with van der Waals surface area (Å²) in [5.41, 5.74) is 1.82. The molecule has 1 atom stereocenters. The van der Waals surface area contributed by atoms with E-state index >= 15 is 0 Å². The number of anilines is 2. The molecule has 0 bridgehead atoms. The van der Waals surface area contributed by atoms with Crippen LogP contribution >= 0.6 is 15.9 Å². The van der Waals surface area contributed by atoms with E-state index in [9.17, 15) is 4.79 Å². The summed E-state index contributed by atoms with van der Waals surface area (Å²) >= 11 is 3.41. The molecule has 1 N–H and O–H groups in total. The van der Waals surface area contributed by atoms with Crippen LogP contribution in [0.3, 0.4) is 0 Å². The van der Waals surface area contributed by atoms with E-state index in [1.807, 2.05) is 55.5 Å². The van der Waals surface area contributed by atoms with Crippen molar-refractivity contribution in [2.75, 3.05) is 23.3 Å². The summed E-state index contributed by atoms with van der Waals surface area (Å²) in [6.07, 6.45) is 5.02. The molecule has 2 aromatic carbocycles. The van der Waals surface area contributed by atoms with Crippen molar-refractivity contribution in [2.24, 2.45) is 5.92 Å². The van der Waals surface area contributed by atoms with E-state index < -0.39 is 0 Å². The number of nitrogens with one attached hydrogen (secondary N) is 1. The average molecular weight is 467 g/mol.